The minimum atomic E-state index is -0.369. The van der Waals surface area contributed by atoms with Gasteiger partial charge < -0.3 is 10.2 Å². The molecule has 1 aliphatic heterocycles. The first-order valence-corrected chi connectivity index (χ1v) is 8.61. The van der Waals surface area contributed by atoms with Crippen LogP contribution in [-0.4, -0.2) is 45.9 Å². The quantitative estimate of drug-likeness (QED) is 0.777. The number of nitrogens with zero attached hydrogens (tertiary/aromatic N) is 5. The Hall–Kier alpha value is -3.03. The maximum Gasteiger partial charge on any atom is 0.224 e. The predicted molar refractivity (Wildman–Crippen MR) is 95.2 cm³/mol. The Morgan fingerprint density at radius 2 is 2.08 bits per heavy atom. The molecule has 0 radical (unpaired) electrons. The Morgan fingerprint density at radius 1 is 1.23 bits per heavy atom. The van der Waals surface area contributed by atoms with E-state index in [-0.39, 0.29) is 17.6 Å². The number of carbonyl (C=O) groups excluding carboxylic acids is 1. The topological polar surface area (TPSA) is 75.4 Å². The van der Waals surface area contributed by atoms with E-state index in [4.69, 9.17) is 0 Å². The van der Waals surface area contributed by atoms with Crippen molar-refractivity contribution in [2.24, 2.45) is 5.92 Å². The molecule has 3 heterocycles. The number of amides is 1. The van der Waals surface area contributed by atoms with Crippen molar-refractivity contribution in [1.82, 2.24) is 25.1 Å². The third-order valence-electron chi connectivity index (χ3n) is 4.73. The van der Waals surface area contributed by atoms with Gasteiger partial charge in [-0.15, -0.1) is 15.3 Å². The Labute approximate surface area is 149 Å². The highest BCUT2D eigenvalue weighted by molar-refractivity contribution is 5.79. The average Bonchev–Trinajstić information content (AvgIpc) is 3.11. The Kier molecular flexibility index (Phi) is 4.24. The fourth-order valence-electron chi connectivity index (χ4n) is 3.36. The van der Waals surface area contributed by atoms with E-state index in [0.29, 0.717) is 23.6 Å². The SMILES string of the molecule is CNC(=O)C1CCCN(c2ccc3nnc(-c4ccccc4F)n3n2)C1. The number of rotatable bonds is 3. The minimum Gasteiger partial charge on any atom is -0.359 e. The van der Waals surface area contributed by atoms with Crippen LogP contribution in [0.5, 0.6) is 0 Å². The molecule has 1 saturated heterocycles. The highest BCUT2D eigenvalue weighted by Crippen LogP contribution is 2.25. The lowest BCUT2D eigenvalue weighted by Gasteiger charge is -2.32. The monoisotopic (exact) mass is 354 g/mol. The Morgan fingerprint density at radius 3 is 2.88 bits per heavy atom. The van der Waals surface area contributed by atoms with Crippen LogP contribution in [0.2, 0.25) is 0 Å². The summed E-state index contributed by atoms with van der Waals surface area (Å²) in [6.07, 6.45) is 1.78. The molecule has 1 atom stereocenters. The smallest absolute Gasteiger partial charge is 0.224 e. The molecular formula is C18H19FN6O. The number of halogens is 1. The van der Waals surface area contributed by atoms with E-state index in [9.17, 15) is 9.18 Å². The molecule has 8 heteroatoms. The first-order chi connectivity index (χ1) is 12.7. The van der Waals surface area contributed by atoms with Crippen molar-refractivity contribution >= 4 is 17.4 Å². The molecule has 1 N–H and O–H groups in total. The highest BCUT2D eigenvalue weighted by Gasteiger charge is 2.26. The van der Waals surface area contributed by atoms with E-state index in [1.165, 1.54) is 6.07 Å². The molecule has 2 aromatic heterocycles. The molecule has 1 aromatic carbocycles. The number of hydrogen-bond acceptors (Lipinski definition) is 5. The number of carbonyl (C=O) groups is 1. The number of benzene rings is 1. The van der Waals surface area contributed by atoms with Gasteiger partial charge in [0.2, 0.25) is 5.91 Å². The number of piperidine rings is 1. The molecule has 0 bridgehead atoms. The van der Waals surface area contributed by atoms with Gasteiger partial charge in [0.1, 0.15) is 11.6 Å². The lowest BCUT2D eigenvalue weighted by atomic mass is 9.97. The fourth-order valence-corrected chi connectivity index (χ4v) is 3.36. The zero-order valence-electron chi connectivity index (χ0n) is 14.4. The summed E-state index contributed by atoms with van der Waals surface area (Å²) in [6.45, 7) is 1.43. The van der Waals surface area contributed by atoms with Crippen LogP contribution in [-0.2, 0) is 4.79 Å². The van der Waals surface area contributed by atoms with Crippen molar-refractivity contribution in [3.8, 4) is 11.4 Å². The summed E-state index contributed by atoms with van der Waals surface area (Å²) in [5.41, 5.74) is 0.901. The first kappa shape index (κ1) is 16.4. The lowest BCUT2D eigenvalue weighted by Crippen LogP contribution is -2.42. The van der Waals surface area contributed by atoms with Crippen LogP contribution in [0.1, 0.15) is 12.8 Å². The van der Waals surface area contributed by atoms with Crippen LogP contribution in [0.25, 0.3) is 17.0 Å². The average molecular weight is 354 g/mol. The van der Waals surface area contributed by atoms with E-state index in [1.807, 2.05) is 12.1 Å². The van der Waals surface area contributed by atoms with Crippen LogP contribution in [0.15, 0.2) is 36.4 Å². The third kappa shape index (κ3) is 2.87. The lowest BCUT2D eigenvalue weighted by molar-refractivity contribution is -0.124. The second-order valence-electron chi connectivity index (χ2n) is 6.36. The molecule has 26 heavy (non-hydrogen) atoms. The van der Waals surface area contributed by atoms with Crippen LogP contribution < -0.4 is 10.2 Å². The standard InChI is InChI=1S/C18H19FN6O/c1-20-18(26)12-5-4-10-24(11-12)16-9-8-15-21-22-17(25(15)23-16)13-6-2-3-7-14(13)19/h2-3,6-9,12H,4-5,10-11H2,1H3,(H,20,26). The van der Waals surface area contributed by atoms with Gasteiger partial charge in [-0.2, -0.15) is 4.52 Å². The highest BCUT2D eigenvalue weighted by atomic mass is 19.1. The van der Waals surface area contributed by atoms with E-state index in [0.717, 1.165) is 25.2 Å². The van der Waals surface area contributed by atoms with E-state index >= 15 is 0 Å². The summed E-state index contributed by atoms with van der Waals surface area (Å²) >= 11 is 0. The summed E-state index contributed by atoms with van der Waals surface area (Å²) < 4.78 is 15.7. The second kappa shape index (κ2) is 6.70. The summed E-state index contributed by atoms with van der Waals surface area (Å²) in [5.74, 6) is 0.709. The Bertz CT molecular complexity index is 956. The summed E-state index contributed by atoms with van der Waals surface area (Å²) in [5, 5.41) is 15.5. The molecule has 0 aliphatic carbocycles. The number of nitrogens with one attached hydrogen (secondary N) is 1. The first-order valence-electron chi connectivity index (χ1n) is 8.61. The zero-order valence-corrected chi connectivity index (χ0v) is 14.4. The van der Waals surface area contributed by atoms with Crippen molar-refractivity contribution < 1.29 is 9.18 Å². The van der Waals surface area contributed by atoms with E-state index in [2.05, 4.69) is 25.5 Å². The van der Waals surface area contributed by atoms with Gasteiger partial charge in [0.05, 0.1) is 11.5 Å². The maximum absolute atomic E-state index is 14.2. The molecule has 0 spiro atoms. The van der Waals surface area contributed by atoms with Gasteiger partial charge in [0.25, 0.3) is 0 Å². The van der Waals surface area contributed by atoms with Gasteiger partial charge in [0, 0.05) is 20.1 Å². The Balaban J connectivity index is 1.70. The van der Waals surface area contributed by atoms with Crippen molar-refractivity contribution in [3.05, 3.63) is 42.2 Å². The minimum absolute atomic E-state index is 0.0483. The summed E-state index contributed by atoms with van der Waals surface area (Å²) in [6, 6.07) is 10.1. The molecule has 1 amide bonds. The summed E-state index contributed by atoms with van der Waals surface area (Å²) in [7, 11) is 1.66. The largest absolute Gasteiger partial charge is 0.359 e. The number of aromatic nitrogens is 4. The van der Waals surface area contributed by atoms with Crippen LogP contribution in [0.3, 0.4) is 0 Å². The van der Waals surface area contributed by atoms with Crippen LogP contribution in [0, 0.1) is 11.7 Å². The van der Waals surface area contributed by atoms with Crippen molar-refractivity contribution in [2.75, 3.05) is 25.0 Å². The molecule has 7 nitrogen and oxygen atoms in total. The molecule has 3 aromatic rings. The normalized spacial score (nSPS) is 17.5. The third-order valence-corrected chi connectivity index (χ3v) is 4.73. The molecule has 1 fully saturated rings. The predicted octanol–water partition coefficient (Wildman–Crippen LogP) is 1.89. The fraction of sp³-hybridized carbons (Fsp3) is 0.333. The maximum atomic E-state index is 14.2. The van der Waals surface area contributed by atoms with Gasteiger partial charge in [0.15, 0.2) is 11.5 Å². The molecule has 1 aliphatic rings. The molecule has 1 unspecified atom stereocenters. The summed E-state index contributed by atoms with van der Waals surface area (Å²) in [4.78, 5) is 14.0. The van der Waals surface area contributed by atoms with E-state index in [1.54, 1.807) is 29.8 Å². The van der Waals surface area contributed by atoms with Gasteiger partial charge in [-0.1, -0.05) is 12.1 Å². The van der Waals surface area contributed by atoms with Gasteiger partial charge in [-0.25, -0.2) is 4.39 Å². The van der Waals surface area contributed by atoms with Crippen molar-refractivity contribution in [3.63, 3.8) is 0 Å². The van der Waals surface area contributed by atoms with Gasteiger partial charge in [-0.05, 0) is 37.1 Å². The van der Waals surface area contributed by atoms with Crippen molar-refractivity contribution in [1.29, 1.82) is 0 Å². The molecular weight excluding hydrogens is 335 g/mol. The number of anilines is 1. The molecule has 4 rings (SSSR count). The van der Waals surface area contributed by atoms with Crippen LogP contribution >= 0.6 is 0 Å². The van der Waals surface area contributed by atoms with Crippen molar-refractivity contribution in [2.45, 2.75) is 12.8 Å². The molecule has 0 saturated carbocycles. The number of hydrogen-bond donors (Lipinski definition) is 1. The number of fused-ring (bicyclic) bond motifs is 1. The van der Waals surface area contributed by atoms with Gasteiger partial charge in [-0.3, -0.25) is 4.79 Å². The zero-order chi connectivity index (χ0) is 18.1. The van der Waals surface area contributed by atoms with Crippen LogP contribution in [0.4, 0.5) is 10.2 Å². The molecule has 134 valence electrons. The van der Waals surface area contributed by atoms with Gasteiger partial charge >= 0.3 is 0 Å². The second-order valence-corrected chi connectivity index (χ2v) is 6.36. The van der Waals surface area contributed by atoms with E-state index < -0.39 is 0 Å².